The van der Waals surface area contributed by atoms with Gasteiger partial charge in [0.1, 0.15) is 5.82 Å². The van der Waals surface area contributed by atoms with Crippen LogP contribution in [0.15, 0.2) is 23.1 Å². The molecule has 1 atom stereocenters. The Morgan fingerprint density at radius 2 is 2.11 bits per heavy atom. The van der Waals surface area contributed by atoms with Crippen molar-refractivity contribution in [1.82, 2.24) is 9.97 Å². The lowest BCUT2D eigenvalue weighted by molar-refractivity contribution is 0.405. The van der Waals surface area contributed by atoms with Crippen molar-refractivity contribution in [2.45, 2.75) is 30.2 Å². The minimum absolute atomic E-state index is 0.292. The average Bonchev–Trinajstić information content (AvgIpc) is 3.07. The highest BCUT2D eigenvalue weighted by atomic mass is 32.2. The zero-order chi connectivity index (χ0) is 13.8. The lowest BCUT2D eigenvalue weighted by Crippen LogP contribution is -2.36. The van der Waals surface area contributed by atoms with Crippen LogP contribution in [0.25, 0.3) is 11.0 Å². The Bertz CT molecular complexity index is 742. The fourth-order valence-corrected chi connectivity index (χ4v) is 3.00. The third-order valence-corrected chi connectivity index (χ3v) is 4.93. The first-order valence-corrected chi connectivity index (χ1v) is 8.17. The molecule has 19 heavy (non-hydrogen) atoms. The normalized spacial score (nSPS) is 19.5. The molecule has 1 aromatic carbocycles. The molecular weight excluding hydrogens is 262 g/mol. The van der Waals surface area contributed by atoms with Gasteiger partial charge in [0.25, 0.3) is 0 Å². The van der Waals surface area contributed by atoms with Crippen LogP contribution in [0.2, 0.25) is 0 Å². The summed E-state index contributed by atoms with van der Waals surface area (Å²) in [6, 6.07) is 4.91. The molecule has 1 unspecified atom stereocenters. The molecule has 2 aromatic rings. The molecule has 0 amide bonds. The van der Waals surface area contributed by atoms with Gasteiger partial charge in [0.05, 0.1) is 21.5 Å². The Morgan fingerprint density at radius 1 is 1.42 bits per heavy atom. The minimum atomic E-state index is -3.20. The van der Waals surface area contributed by atoms with Crippen LogP contribution in [-0.4, -0.2) is 24.6 Å². The minimum Gasteiger partial charge on any atom is -0.340 e. The summed E-state index contributed by atoms with van der Waals surface area (Å²) < 4.78 is 23.1. The lowest BCUT2D eigenvalue weighted by Gasteiger charge is -2.21. The van der Waals surface area contributed by atoms with Crippen LogP contribution >= 0.6 is 0 Å². The molecule has 102 valence electrons. The Hall–Kier alpha value is -1.40. The summed E-state index contributed by atoms with van der Waals surface area (Å²) in [6.07, 6.45) is 3.44. The Balaban J connectivity index is 2.11. The van der Waals surface area contributed by atoms with Crippen LogP contribution in [-0.2, 0) is 15.4 Å². The van der Waals surface area contributed by atoms with E-state index in [0.717, 1.165) is 29.7 Å². The predicted octanol–water partition coefficient (Wildman–Crippen LogP) is 1.55. The number of fused-ring (bicyclic) bond motifs is 1. The van der Waals surface area contributed by atoms with E-state index in [1.165, 1.54) is 6.26 Å². The number of aromatic amines is 1. The summed E-state index contributed by atoms with van der Waals surface area (Å²) in [4.78, 5) is 7.95. The first kappa shape index (κ1) is 12.6. The number of H-pyrrole nitrogens is 1. The summed E-state index contributed by atoms with van der Waals surface area (Å²) in [5.74, 6) is 1.19. The maximum Gasteiger partial charge on any atom is 0.175 e. The molecular formula is C13H17N3O2S. The quantitative estimate of drug-likeness (QED) is 0.892. The molecule has 3 N–H and O–H groups in total. The van der Waals surface area contributed by atoms with Gasteiger partial charge < -0.3 is 10.7 Å². The standard InChI is InChI=1S/C13H17N3O2S/c1-13(14,8-3-4-8)12-15-10-6-5-9(19(2,17)18)7-11(10)16-12/h5-8H,3-4,14H2,1-2H3,(H,15,16). The maximum atomic E-state index is 11.5. The number of nitrogens with one attached hydrogen (secondary N) is 1. The fourth-order valence-electron chi connectivity index (χ4n) is 2.35. The van der Waals surface area contributed by atoms with Crippen LogP contribution < -0.4 is 5.73 Å². The third-order valence-electron chi connectivity index (χ3n) is 3.82. The van der Waals surface area contributed by atoms with Crippen molar-refractivity contribution < 1.29 is 8.42 Å². The van der Waals surface area contributed by atoms with E-state index in [0.29, 0.717) is 10.8 Å². The zero-order valence-electron chi connectivity index (χ0n) is 11.0. The van der Waals surface area contributed by atoms with E-state index in [1.54, 1.807) is 18.2 Å². The van der Waals surface area contributed by atoms with Crippen LogP contribution in [0.1, 0.15) is 25.6 Å². The molecule has 1 aliphatic rings. The van der Waals surface area contributed by atoms with Crippen molar-refractivity contribution in [3.8, 4) is 0 Å². The smallest absolute Gasteiger partial charge is 0.175 e. The topological polar surface area (TPSA) is 88.8 Å². The van der Waals surface area contributed by atoms with Gasteiger partial charge in [0, 0.05) is 6.26 Å². The Kier molecular flexibility index (Phi) is 2.53. The lowest BCUT2D eigenvalue weighted by atomic mass is 9.97. The first-order valence-electron chi connectivity index (χ1n) is 6.27. The highest BCUT2D eigenvalue weighted by molar-refractivity contribution is 7.90. The van der Waals surface area contributed by atoms with Gasteiger partial charge >= 0.3 is 0 Å². The van der Waals surface area contributed by atoms with Gasteiger partial charge in [-0.2, -0.15) is 0 Å². The van der Waals surface area contributed by atoms with Gasteiger partial charge in [0.2, 0.25) is 0 Å². The SMILES string of the molecule is CC(N)(c1nc2ccc(S(C)(=O)=O)cc2[nH]1)C1CC1. The van der Waals surface area contributed by atoms with E-state index in [1.807, 2.05) is 6.92 Å². The molecule has 0 bridgehead atoms. The van der Waals surface area contributed by atoms with Crippen LogP contribution in [0, 0.1) is 5.92 Å². The van der Waals surface area contributed by atoms with E-state index in [2.05, 4.69) is 9.97 Å². The van der Waals surface area contributed by atoms with E-state index < -0.39 is 15.4 Å². The van der Waals surface area contributed by atoms with Gasteiger partial charge in [-0.3, -0.25) is 0 Å². The van der Waals surface area contributed by atoms with Crippen LogP contribution in [0.3, 0.4) is 0 Å². The molecule has 3 rings (SSSR count). The molecule has 0 aliphatic heterocycles. The highest BCUT2D eigenvalue weighted by Crippen LogP contribution is 2.43. The largest absolute Gasteiger partial charge is 0.340 e. The van der Waals surface area contributed by atoms with Crippen molar-refractivity contribution in [3.05, 3.63) is 24.0 Å². The number of imidazole rings is 1. The molecule has 6 heteroatoms. The van der Waals surface area contributed by atoms with Gasteiger partial charge in [-0.25, -0.2) is 13.4 Å². The molecule has 5 nitrogen and oxygen atoms in total. The second-order valence-electron chi connectivity index (χ2n) is 5.59. The Labute approximate surface area is 112 Å². The molecule has 1 fully saturated rings. The molecule has 1 saturated carbocycles. The van der Waals surface area contributed by atoms with Crippen LogP contribution in [0.4, 0.5) is 0 Å². The number of sulfone groups is 1. The van der Waals surface area contributed by atoms with Gasteiger partial charge in [-0.05, 0) is 43.9 Å². The number of hydrogen-bond acceptors (Lipinski definition) is 4. The number of benzene rings is 1. The third kappa shape index (κ3) is 2.15. The van der Waals surface area contributed by atoms with E-state index in [9.17, 15) is 8.42 Å². The second kappa shape index (κ2) is 3.80. The number of nitrogens with zero attached hydrogens (tertiary/aromatic N) is 1. The zero-order valence-corrected chi connectivity index (χ0v) is 11.8. The van der Waals surface area contributed by atoms with E-state index in [-0.39, 0.29) is 0 Å². The molecule has 1 heterocycles. The highest BCUT2D eigenvalue weighted by Gasteiger charge is 2.41. The van der Waals surface area contributed by atoms with Crippen molar-refractivity contribution in [2.24, 2.45) is 11.7 Å². The van der Waals surface area contributed by atoms with E-state index >= 15 is 0 Å². The van der Waals surface area contributed by atoms with Crippen LogP contribution in [0.5, 0.6) is 0 Å². The second-order valence-corrected chi connectivity index (χ2v) is 7.61. The summed E-state index contributed by atoms with van der Waals surface area (Å²) in [7, 11) is -3.20. The van der Waals surface area contributed by atoms with Gasteiger partial charge in [-0.15, -0.1) is 0 Å². The molecule has 1 aromatic heterocycles. The summed E-state index contributed by atoms with van der Waals surface area (Å²) in [5.41, 5.74) is 7.32. The van der Waals surface area contributed by atoms with Gasteiger partial charge in [-0.1, -0.05) is 0 Å². The molecule has 0 radical (unpaired) electrons. The van der Waals surface area contributed by atoms with E-state index in [4.69, 9.17) is 5.73 Å². The van der Waals surface area contributed by atoms with Crippen molar-refractivity contribution >= 4 is 20.9 Å². The number of nitrogens with two attached hydrogens (primary N) is 1. The molecule has 0 saturated heterocycles. The predicted molar refractivity (Wildman–Crippen MR) is 73.5 cm³/mol. The van der Waals surface area contributed by atoms with Gasteiger partial charge in [0.15, 0.2) is 9.84 Å². The summed E-state index contributed by atoms with van der Waals surface area (Å²) >= 11 is 0. The molecule has 1 aliphatic carbocycles. The average molecular weight is 279 g/mol. The number of aromatic nitrogens is 2. The monoisotopic (exact) mass is 279 g/mol. The molecule has 0 spiro atoms. The summed E-state index contributed by atoms with van der Waals surface area (Å²) in [5, 5.41) is 0. The number of rotatable bonds is 3. The van der Waals surface area contributed by atoms with Crippen molar-refractivity contribution in [3.63, 3.8) is 0 Å². The fraction of sp³-hybridized carbons (Fsp3) is 0.462. The summed E-state index contributed by atoms with van der Waals surface area (Å²) in [6.45, 7) is 1.97. The number of hydrogen-bond donors (Lipinski definition) is 2. The maximum absolute atomic E-state index is 11.5. The Morgan fingerprint density at radius 3 is 2.68 bits per heavy atom. The first-order chi connectivity index (χ1) is 8.78. The van der Waals surface area contributed by atoms with Crippen molar-refractivity contribution in [2.75, 3.05) is 6.26 Å². The van der Waals surface area contributed by atoms with Crippen molar-refractivity contribution in [1.29, 1.82) is 0 Å².